The first-order chi connectivity index (χ1) is 6.27. The highest BCUT2D eigenvalue weighted by molar-refractivity contribution is 9.10. The maximum absolute atomic E-state index is 11.7. The van der Waals surface area contributed by atoms with Gasteiger partial charge in [-0.3, -0.25) is 4.21 Å². The molecule has 1 aromatic rings. The Morgan fingerprint density at radius 1 is 1.54 bits per heavy atom. The van der Waals surface area contributed by atoms with Gasteiger partial charge in [-0.05, 0) is 28.1 Å². The molecule has 0 radical (unpaired) electrons. The minimum absolute atomic E-state index is 0.216. The molecule has 2 rings (SSSR count). The zero-order valence-corrected chi connectivity index (χ0v) is 9.31. The molecule has 0 saturated carbocycles. The van der Waals surface area contributed by atoms with Crippen LogP contribution in [0.25, 0.3) is 0 Å². The van der Waals surface area contributed by atoms with Gasteiger partial charge in [-0.15, -0.1) is 0 Å². The molecular formula is C9H9BrO2S. The molecular weight excluding hydrogens is 252 g/mol. The van der Waals surface area contributed by atoms with E-state index in [2.05, 4.69) is 15.9 Å². The lowest BCUT2D eigenvalue weighted by atomic mass is 10.4. The van der Waals surface area contributed by atoms with E-state index in [1.165, 1.54) is 0 Å². The Bertz CT molecular complexity index is 336. The number of halogens is 1. The maximum Gasteiger partial charge on any atom is 0.0928 e. The molecule has 0 spiro atoms. The SMILES string of the molecule is O=S(CC1CO1)c1ccccc1Br. The summed E-state index contributed by atoms with van der Waals surface area (Å²) < 4.78 is 17.7. The van der Waals surface area contributed by atoms with Crippen molar-refractivity contribution >= 4 is 26.7 Å². The molecule has 70 valence electrons. The van der Waals surface area contributed by atoms with E-state index in [-0.39, 0.29) is 6.10 Å². The van der Waals surface area contributed by atoms with Gasteiger partial charge in [0.2, 0.25) is 0 Å². The van der Waals surface area contributed by atoms with Gasteiger partial charge in [-0.2, -0.15) is 0 Å². The summed E-state index contributed by atoms with van der Waals surface area (Å²) in [6.07, 6.45) is 0.216. The third-order valence-corrected chi connectivity index (χ3v) is 4.30. The van der Waals surface area contributed by atoms with Crippen molar-refractivity contribution in [1.29, 1.82) is 0 Å². The Morgan fingerprint density at radius 3 is 2.85 bits per heavy atom. The molecule has 1 heterocycles. The molecule has 2 unspecified atom stereocenters. The second-order valence-corrected chi connectivity index (χ2v) is 5.22. The van der Waals surface area contributed by atoms with Crippen molar-refractivity contribution in [1.82, 2.24) is 0 Å². The van der Waals surface area contributed by atoms with Crippen LogP contribution in [0.2, 0.25) is 0 Å². The smallest absolute Gasteiger partial charge is 0.0928 e. The van der Waals surface area contributed by atoms with Crippen molar-refractivity contribution in [2.24, 2.45) is 0 Å². The number of rotatable bonds is 3. The maximum atomic E-state index is 11.7. The highest BCUT2D eigenvalue weighted by atomic mass is 79.9. The predicted octanol–water partition coefficient (Wildman–Crippen LogP) is 1.96. The molecule has 1 aliphatic heterocycles. The summed E-state index contributed by atoms with van der Waals surface area (Å²) in [5.41, 5.74) is 0. The van der Waals surface area contributed by atoms with Crippen LogP contribution in [0.4, 0.5) is 0 Å². The van der Waals surface area contributed by atoms with Crippen molar-refractivity contribution in [3.05, 3.63) is 28.7 Å². The monoisotopic (exact) mass is 260 g/mol. The molecule has 0 aliphatic carbocycles. The fourth-order valence-corrected chi connectivity index (χ4v) is 3.10. The Hall–Kier alpha value is -0.190. The third kappa shape index (κ3) is 2.39. The zero-order chi connectivity index (χ0) is 9.26. The zero-order valence-electron chi connectivity index (χ0n) is 6.90. The normalized spacial score (nSPS) is 22.7. The summed E-state index contributed by atoms with van der Waals surface area (Å²) >= 11 is 3.37. The summed E-state index contributed by atoms with van der Waals surface area (Å²) in [6, 6.07) is 7.59. The topological polar surface area (TPSA) is 29.6 Å². The Labute approximate surface area is 87.9 Å². The average molecular weight is 261 g/mol. The molecule has 0 N–H and O–H groups in total. The Balaban J connectivity index is 2.13. The second kappa shape index (κ2) is 3.90. The van der Waals surface area contributed by atoms with Gasteiger partial charge >= 0.3 is 0 Å². The van der Waals surface area contributed by atoms with Crippen LogP contribution in [0, 0.1) is 0 Å². The quantitative estimate of drug-likeness (QED) is 0.778. The van der Waals surface area contributed by atoms with Gasteiger partial charge in [0.15, 0.2) is 0 Å². The number of benzene rings is 1. The first-order valence-corrected chi connectivity index (χ1v) is 6.13. The van der Waals surface area contributed by atoms with Gasteiger partial charge in [-0.25, -0.2) is 0 Å². The molecule has 1 saturated heterocycles. The molecule has 1 fully saturated rings. The molecule has 1 aliphatic rings. The lowest BCUT2D eigenvalue weighted by Gasteiger charge is -2.01. The summed E-state index contributed by atoms with van der Waals surface area (Å²) in [6.45, 7) is 0.760. The van der Waals surface area contributed by atoms with Crippen molar-refractivity contribution in [3.63, 3.8) is 0 Å². The van der Waals surface area contributed by atoms with E-state index in [4.69, 9.17) is 4.74 Å². The highest BCUT2D eigenvalue weighted by Gasteiger charge is 2.26. The van der Waals surface area contributed by atoms with E-state index >= 15 is 0 Å². The largest absolute Gasteiger partial charge is 0.372 e. The van der Waals surface area contributed by atoms with Crippen molar-refractivity contribution < 1.29 is 8.95 Å². The molecule has 2 nitrogen and oxygen atoms in total. The highest BCUT2D eigenvalue weighted by Crippen LogP contribution is 2.22. The van der Waals surface area contributed by atoms with Crippen LogP contribution in [0.1, 0.15) is 0 Å². The summed E-state index contributed by atoms with van der Waals surface area (Å²) in [5, 5.41) is 0. The Kier molecular flexibility index (Phi) is 2.81. The summed E-state index contributed by atoms with van der Waals surface area (Å²) in [7, 11) is -0.934. The summed E-state index contributed by atoms with van der Waals surface area (Å²) in [4.78, 5) is 0.859. The lowest BCUT2D eigenvalue weighted by molar-refractivity contribution is 0.424. The van der Waals surface area contributed by atoms with E-state index in [1.807, 2.05) is 24.3 Å². The molecule has 0 aromatic heterocycles. The Morgan fingerprint density at radius 2 is 2.23 bits per heavy atom. The minimum atomic E-state index is -0.934. The third-order valence-electron chi connectivity index (χ3n) is 1.82. The molecule has 0 amide bonds. The lowest BCUT2D eigenvalue weighted by Crippen LogP contribution is -2.04. The van der Waals surface area contributed by atoms with Crippen LogP contribution < -0.4 is 0 Å². The van der Waals surface area contributed by atoms with Crippen LogP contribution >= 0.6 is 15.9 Å². The van der Waals surface area contributed by atoms with Crippen molar-refractivity contribution in [3.8, 4) is 0 Å². The van der Waals surface area contributed by atoms with Gasteiger partial charge < -0.3 is 4.74 Å². The molecule has 0 bridgehead atoms. The van der Waals surface area contributed by atoms with E-state index in [0.29, 0.717) is 5.75 Å². The predicted molar refractivity (Wildman–Crippen MR) is 55.2 cm³/mol. The average Bonchev–Trinajstić information content (AvgIpc) is 2.89. The van der Waals surface area contributed by atoms with Gasteiger partial charge in [0, 0.05) is 4.47 Å². The molecule has 1 aromatic carbocycles. The number of ether oxygens (including phenoxy) is 1. The van der Waals surface area contributed by atoms with E-state index in [1.54, 1.807) is 0 Å². The van der Waals surface area contributed by atoms with Gasteiger partial charge in [0.25, 0.3) is 0 Å². The van der Waals surface area contributed by atoms with Gasteiger partial charge in [-0.1, -0.05) is 12.1 Å². The van der Waals surface area contributed by atoms with E-state index in [0.717, 1.165) is 16.0 Å². The number of hydrogen-bond donors (Lipinski definition) is 0. The second-order valence-electron chi connectivity index (χ2n) is 2.90. The molecule has 2 atom stereocenters. The fourth-order valence-electron chi connectivity index (χ4n) is 1.05. The van der Waals surface area contributed by atoms with Crippen molar-refractivity contribution in [2.75, 3.05) is 12.4 Å². The van der Waals surface area contributed by atoms with Crippen LogP contribution in [0.15, 0.2) is 33.6 Å². The first-order valence-electron chi connectivity index (χ1n) is 4.02. The first kappa shape index (κ1) is 9.37. The van der Waals surface area contributed by atoms with Crippen LogP contribution in [0.5, 0.6) is 0 Å². The van der Waals surface area contributed by atoms with E-state index < -0.39 is 10.8 Å². The number of epoxide rings is 1. The van der Waals surface area contributed by atoms with Gasteiger partial charge in [0.1, 0.15) is 0 Å². The van der Waals surface area contributed by atoms with Crippen molar-refractivity contribution in [2.45, 2.75) is 11.0 Å². The van der Waals surface area contributed by atoms with E-state index in [9.17, 15) is 4.21 Å². The van der Waals surface area contributed by atoms with Crippen LogP contribution in [-0.2, 0) is 15.5 Å². The number of hydrogen-bond acceptors (Lipinski definition) is 2. The standard InChI is InChI=1S/C9H9BrO2S/c10-8-3-1-2-4-9(8)13(11)6-7-5-12-7/h1-4,7H,5-6H2. The minimum Gasteiger partial charge on any atom is -0.372 e. The van der Waals surface area contributed by atoms with Gasteiger partial charge in [0.05, 0.1) is 34.2 Å². The summed E-state index contributed by atoms with van der Waals surface area (Å²) in [5.74, 6) is 0.614. The molecule has 4 heteroatoms. The van der Waals surface area contributed by atoms with Crippen LogP contribution in [-0.4, -0.2) is 22.7 Å². The molecule has 13 heavy (non-hydrogen) atoms. The fraction of sp³-hybridized carbons (Fsp3) is 0.333. The van der Waals surface area contributed by atoms with Crippen LogP contribution in [0.3, 0.4) is 0 Å².